The van der Waals surface area contributed by atoms with Gasteiger partial charge in [0.05, 0.1) is 5.02 Å². The molecular formula is C8H8BrClIN2P. The lowest BCUT2D eigenvalue weighted by atomic mass is 10.1. The zero-order valence-electron chi connectivity index (χ0n) is 7.29. The zero-order chi connectivity index (χ0) is 10.7. The van der Waals surface area contributed by atoms with E-state index in [4.69, 9.17) is 17.0 Å². The molecule has 0 aliphatic rings. The average Bonchev–Trinajstić information content (AvgIpc) is 2.01. The molecule has 0 spiro atoms. The van der Waals surface area contributed by atoms with Gasteiger partial charge < -0.3 is 10.5 Å². The van der Waals surface area contributed by atoms with Gasteiger partial charge in [-0.05, 0) is 41.1 Å². The van der Waals surface area contributed by atoms with Crippen LogP contribution >= 0.6 is 55.9 Å². The molecule has 76 valence electrons. The molecule has 1 unspecified atom stereocenters. The third-order valence-electron chi connectivity index (χ3n) is 1.61. The third kappa shape index (κ3) is 3.05. The van der Waals surface area contributed by atoms with Gasteiger partial charge in [0, 0.05) is 27.8 Å². The van der Waals surface area contributed by atoms with Gasteiger partial charge in [-0.25, -0.2) is 0 Å². The lowest BCUT2D eigenvalue weighted by Crippen LogP contribution is -1.98. The molecule has 0 aliphatic carbocycles. The smallest absolute Gasteiger partial charge is 0.0528 e. The summed E-state index contributed by atoms with van der Waals surface area (Å²) in [5.74, 6) is 0. The Balaban J connectivity index is 3.28. The predicted molar refractivity (Wildman–Crippen MR) is 77.6 cm³/mol. The van der Waals surface area contributed by atoms with E-state index < -0.39 is 0 Å². The molecule has 0 fully saturated rings. The molecule has 6 heteroatoms. The van der Waals surface area contributed by atoms with Gasteiger partial charge in [0.1, 0.15) is 0 Å². The van der Waals surface area contributed by atoms with Crippen LogP contribution in [0.25, 0.3) is 0 Å². The summed E-state index contributed by atoms with van der Waals surface area (Å²) in [5.41, 5.74) is 2.16. The minimum atomic E-state index is 0.472. The number of hydrogen-bond donors (Lipinski definition) is 2. The van der Waals surface area contributed by atoms with Gasteiger partial charge in [-0.3, -0.25) is 0 Å². The summed E-state index contributed by atoms with van der Waals surface area (Å²) in [6.07, 6.45) is 0.561. The molecule has 0 aromatic heterocycles. The number of nitrogens with one attached hydrogen (secondary N) is 2. The maximum Gasteiger partial charge on any atom is 0.0528 e. The molecule has 1 aromatic rings. The second-order valence-corrected chi connectivity index (χ2v) is 6.03. The van der Waals surface area contributed by atoms with E-state index in [0.717, 1.165) is 15.7 Å². The van der Waals surface area contributed by atoms with Gasteiger partial charge >= 0.3 is 0 Å². The summed E-state index contributed by atoms with van der Waals surface area (Å²) in [6, 6.07) is 3.74. The van der Waals surface area contributed by atoms with Crippen LogP contribution in [0.15, 0.2) is 16.6 Å². The minimum absolute atomic E-state index is 0.472. The minimum Gasteiger partial charge on any atom is -0.358 e. The van der Waals surface area contributed by atoms with Crippen molar-refractivity contribution in [2.75, 3.05) is 5.09 Å². The standard InChI is InChI=1S/C8H8BrClIN2P/c1-4(12)8-6(10)2-5(9)3-7(8)13-14-11/h2-3,12-14H,1H3. The van der Waals surface area contributed by atoms with Crippen LogP contribution in [0, 0.1) is 5.41 Å². The summed E-state index contributed by atoms with van der Waals surface area (Å²) in [6.45, 7) is 1.73. The first-order valence-electron chi connectivity index (χ1n) is 3.72. The number of halogens is 3. The Morgan fingerprint density at radius 3 is 2.79 bits per heavy atom. The van der Waals surface area contributed by atoms with E-state index in [9.17, 15) is 0 Å². The highest BCUT2D eigenvalue weighted by atomic mass is 127. The summed E-state index contributed by atoms with van der Waals surface area (Å²) >= 11 is 11.7. The van der Waals surface area contributed by atoms with Crippen LogP contribution in [0.5, 0.6) is 0 Å². The van der Waals surface area contributed by atoms with E-state index >= 15 is 0 Å². The van der Waals surface area contributed by atoms with Crippen molar-refractivity contribution in [2.45, 2.75) is 6.92 Å². The Kier molecular flexibility index (Phi) is 5.11. The maximum absolute atomic E-state index is 7.63. The van der Waals surface area contributed by atoms with Gasteiger partial charge in [0.25, 0.3) is 0 Å². The van der Waals surface area contributed by atoms with Crippen molar-refractivity contribution in [1.29, 1.82) is 5.41 Å². The third-order valence-corrected chi connectivity index (χ3v) is 3.54. The molecule has 1 rings (SSSR count). The van der Waals surface area contributed by atoms with E-state index in [0.29, 0.717) is 17.1 Å². The van der Waals surface area contributed by atoms with E-state index in [1.54, 1.807) is 13.0 Å². The van der Waals surface area contributed by atoms with Gasteiger partial charge in [0.15, 0.2) is 0 Å². The van der Waals surface area contributed by atoms with Crippen molar-refractivity contribution in [3.05, 3.63) is 27.2 Å². The summed E-state index contributed by atoms with van der Waals surface area (Å²) in [4.78, 5) is 0. The highest BCUT2D eigenvalue weighted by Crippen LogP contribution is 2.34. The molecule has 0 radical (unpaired) electrons. The first-order valence-corrected chi connectivity index (χ1v) is 9.01. The first-order chi connectivity index (χ1) is 6.56. The zero-order valence-corrected chi connectivity index (χ0v) is 12.8. The SMILES string of the molecule is CC(=N)c1c(Cl)cc(Br)cc1NPI. The number of benzene rings is 1. The molecule has 0 amide bonds. The number of rotatable bonds is 3. The monoisotopic (exact) mass is 404 g/mol. The topological polar surface area (TPSA) is 35.9 Å². The molecule has 1 aromatic carbocycles. The van der Waals surface area contributed by atoms with Crippen LogP contribution in [0.3, 0.4) is 0 Å². The Hall–Kier alpha value is 0.620. The largest absolute Gasteiger partial charge is 0.358 e. The van der Waals surface area contributed by atoms with Crippen molar-refractivity contribution in [2.24, 2.45) is 0 Å². The molecule has 0 heterocycles. The Labute approximate surface area is 111 Å². The van der Waals surface area contributed by atoms with Gasteiger partial charge in [0.2, 0.25) is 0 Å². The molecule has 2 N–H and O–H groups in total. The van der Waals surface area contributed by atoms with E-state index in [-0.39, 0.29) is 0 Å². The molecule has 2 nitrogen and oxygen atoms in total. The molecule has 0 aliphatic heterocycles. The lowest BCUT2D eigenvalue weighted by Gasteiger charge is -2.11. The van der Waals surface area contributed by atoms with Crippen molar-refractivity contribution in [3.63, 3.8) is 0 Å². The average molecular weight is 405 g/mol. The molecule has 1 atom stereocenters. The summed E-state index contributed by atoms with van der Waals surface area (Å²) in [5, 5.41) is 11.4. The lowest BCUT2D eigenvalue weighted by molar-refractivity contribution is 1.45. The van der Waals surface area contributed by atoms with Crippen molar-refractivity contribution >= 4 is 67.3 Å². The number of hydrogen-bond acceptors (Lipinski definition) is 2. The fourth-order valence-corrected chi connectivity index (χ4v) is 3.23. The maximum atomic E-state index is 7.63. The molecular weight excluding hydrogens is 397 g/mol. The van der Waals surface area contributed by atoms with Crippen LogP contribution in [0.4, 0.5) is 5.69 Å². The van der Waals surface area contributed by atoms with Crippen molar-refractivity contribution in [3.8, 4) is 0 Å². The Morgan fingerprint density at radius 2 is 2.29 bits per heavy atom. The first kappa shape index (κ1) is 12.7. The van der Waals surface area contributed by atoms with Gasteiger partial charge in [-0.1, -0.05) is 27.5 Å². The van der Waals surface area contributed by atoms with E-state index in [1.165, 1.54) is 0 Å². The molecule has 0 saturated carbocycles. The molecule has 0 saturated heterocycles. The van der Waals surface area contributed by atoms with Gasteiger partial charge in [-0.2, -0.15) is 0 Å². The Morgan fingerprint density at radius 1 is 1.64 bits per heavy atom. The Bertz CT molecular complexity index is 373. The van der Waals surface area contributed by atoms with Crippen molar-refractivity contribution in [1.82, 2.24) is 0 Å². The van der Waals surface area contributed by atoms with Crippen molar-refractivity contribution < 1.29 is 0 Å². The van der Waals surface area contributed by atoms with Crippen LogP contribution in [-0.2, 0) is 0 Å². The molecule has 14 heavy (non-hydrogen) atoms. The molecule has 0 bridgehead atoms. The van der Waals surface area contributed by atoms with Crippen LogP contribution < -0.4 is 5.09 Å². The highest BCUT2D eigenvalue weighted by Gasteiger charge is 2.10. The predicted octanol–water partition coefficient (Wildman–Crippen LogP) is 4.85. The van der Waals surface area contributed by atoms with Gasteiger partial charge in [-0.15, -0.1) is 0 Å². The quantitative estimate of drug-likeness (QED) is 0.421. The fourth-order valence-electron chi connectivity index (χ4n) is 1.10. The highest BCUT2D eigenvalue weighted by molar-refractivity contribution is 14.2. The normalized spacial score (nSPS) is 10.9. The second-order valence-electron chi connectivity index (χ2n) is 2.65. The van der Waals surface area contributed by atoms with Crippen LogP contribution in [0.1, 0.15) is 12.5 Å². The summed E-state index contributed by atoms with van der Waals surface area (Å²) < 4.78 is 0.921. The van der Waals surface area contributed by atoms with Crippen LogP contribution in [-0.4, -0.2) is 5.71 Å². The summed E-state index contributed by atoms with van der Waals surface area (Å²) in [7, 11) is 0. The number of anilines is 1. The van der Waals surface area contributed by atoms with E-state index in [1.807, 2.05) is 6.07 Å². The van der Waals surface area contributed by atoms with E-state index in [2.05, 4.69) is 43.1 Å². The fraction of sp³-hybridized carbons (Fsp3) is 0.125. The second kappa shape index (κ2) is 5.64. The van der Waals surface area contributed by atoms with Crippen LogP contribution in [0.2, 0.25) is 5.02 Å².